The van der Waals surface area contributed by atoms with E-state index in [-0.39, 0.29) is 5.56 Å². The standard InChI is InChI=1S/C9H8F4O4S/c10-8-3-1-7(2-4-8)5-16-18(14,15)17-6-9(11,12)13/h1-4H,5-6H2. The second-order valence-electron chi connectivity index (χ2n) is 3.17. The molecule has 9 heteroatoms. The number of halogens is 4. The van der Waals surface area contributed by atoms with Crippen LogP contribution in [0.2, 0.25) is 0 Å². The summed E-state index contributed by atoms with van der Waals surface area (Å²) >= 11 is 0. The van der Waals surface area contributed by atoms with Gasteiger partial charge in [-0.15, -0.1) is 0 Å². The van der Waals surface area contributed by atoms with Gasteiger partial charge in [0, 0.05) is 0 Å². The molecule has 1 aromatic rings. The van der Waals surface area contributed by atoms with Gasteiger partial charge in [0.15, 0.2) is 6.61 Å². The van der Waals surface area contributed by atoms with E-state index in [4.69, 9.17) is 0 Å². The van der Waals surface area contributed by atoms with Crippen LogP contribution in [0.4, 0.5) is 17.6 Å². The highest BCUT2D eigenvalue weighted by Crippen LogP contribution is 2.16. The molecule has 0 atom stereocenters. The monoisotopic (exact) mass is 288 g/mol. The minimum atomic E-state index is -4.77. The van der Waals surface area contributed by atoms with E-state index in [2.05, 4.69) is 8.37 Å². The molecular weight excluding hydrogens is 280 g/mol. The molecule has 0 fully saturated rings. The van der Waals surface area contributed by atoms with Crippen molar-refractivity contribution in [3.8, 4) is 0 Å². The molecule has 0 aromatic heterocycles. The predicted octanol–water partition coefficient (Wildman–Crippen LogP) is 2.17. The zero-order valence-corrected chi connectivity index (χ0v) is 9.59. The van der Waals surface area contributed by atoms with Gasteiger partial charge in [0.25, 0.3) is 0 Å². The molecule has 0 radical (unpaired) electrons. The van der Waals surface area contributed by atoms with Gasteiger partial charge in [0.1, 0.15) is 5.82 Å². The summed E-state index contributed by atoms with van der Waals surface area (Å²) < 4.78 is 77.2. The molecule has 0 bridgehead atoms. The first-order valence-electron chi connectivity index (χ1n) is 4.53. The van der Waals surface area contributed by atoms with E-state index in [0.29, 0.717) is 0 Å². The maximum absolute atomic E-state index is 12.5. The van der Waals surface area contributed by atoms with Gasteiger partial charge in [0.05, 0.1) is 6.61 Å². The topological polar surface area (TPSA) is 52.6 Å². The first-order chi connectivity index (χ1) is 8.18. The van der Waals surface area contributed by atoms with E-state index >= 15 is 0 Å². The fourth-order valence-corrected chi connectivity index (χ4v) is 1.52. The van der Waals surface area contributed by atoms with Crippen LogP contribution in [-0.4, -0.2) is 21.2 Å². The van der Waals surface area contributed by atoms with Crippen molar-refractivity contribution in [2.75, 3.05) is 6.61 Å². The number of hydrogen-bond acceptors (Lipinski definition) is 4. The number of alkyl halides is 3. The molecule has 102 valence electrons. The Morgan fingerprint density at radius 2 is 1.61 bits per heavy atom. The molecule has 0 aliphatic carbocycles. The smallest absolute Gasteiger partial charge is 0.243 e. The average Bonchev–Trinajstić information content (AvgIpc) is 2.25. The van der Waals surface area contributed by atoms with Gasteiger partial charge < -0.3 is 0 Å². The lowest BCUT2D eigenvalue weighted by molar-refractivity contribution is -0.154. The molecule has 0 unspecified atom stereocenters. The maximum atomic E-state index is 12.5. The SMILES string of the molecule is O=S(=O)(OCc1ccc(F)cc1)OCC(F)(F)F. The van der Waals surface area contributed by atoms with Crippen molar-refractivity contribution in [1.82, 2.24) is 0 Å². The molecule has 0 N–H and O–H groups in total. The van der Waals surface area contributed by atoms with Crippen molar-refractivity contribution in [2.24, 2.45) is 0 Å². The Morgan fingerprint density at radius 1 is 1.06 bits per heavy atom. The van der Waals surface area contributed by atoms with Crippen LogP contribution in [0.15, 0.2) is 24.3 Å². The first kappa shape index (κ1) is 14.9. The number of rotatable bonds is 5. The van der Waals surface area contributed by atoms with Crippen molar-refractivity contribution in [3.63, 3.8) is 0 Å². The summed E-state index contributed by atoms with van der Waals surface area (Å²) in [5.41, 5.74) is 0.274. The van der Waals surface area contributed by atoms with Crippen LogP contribution in [0.25, 0.3) is 0 Å². The molecule has 0 heterocycles. The lowest BCUT2D eigenvalue weighted by atomic mass is 10.2. The largest absolute Gasteiger partial charge is 0.413 e. The van der Waals surface area contributed by atoms with Crippen LogP contribution in [-0.2, 0) is 25.4 Å². The predicted molar refractivity (Wildman–Crippen MR) is 52.1 cm³/mol. The molecular formula is C9H8F4O4S. The van der Waals surface area contributed by atoms with E-state index in [1.54, 1.807) is 0 Å². The van der Waals surface area contributed by atoms with Gasteiger partial charge in [0.2, 0.25) is 0 Å². The third kappa shape index (κ3) is 5.94. The Bertz CT molecular complexity index is 480. The third-order valence-corrected chi connectivity index (χ3v) is 2.46. The van der Waals surface area contributed by atoms with Crippen LogP contribution in [0, 0.1) is 5.82 Å². The van der Waals surface area contributed by atoms with Crippen LogP contribution in [0.3, 0.4) is 0 Å². The molecule has 0 spiro atoms. The highest BCUT2D eigenvalue weighted by atomic mass is 32.3. The number of benzene rings is 1. The zero-order chi connectivity index (χ0) is 13.8. The Labute approximate surface area is 100 Å². The van der Waals surface area contributed by atoms with Crippen molar-refractivity contribution in [3.05, 3.63) is 35.6 Å². The van der Waals surface area contributed by atoms with E-state index in [9.17, 15) is 26.0 Å². The highest BCUT2D eigenvalue weighted by Gasteiger charge is 2.31. The molecule has 4 nitrogen and oxygen atoms in total. The van der Waals surface area contributed by atoms with Gasteiger partial charge in [-0.3, -0.25) is 0 Å². The van der Waals surface area contributed by atoms with Crippen molar-refractivity contribution < 1.29 is 34.3 Å². The van der Waals surface area contributed by atoms with Crippen LogP contribution >= 0.6 is 0 Å². The first-order valence-corrected chi connectivity index (χ1v) is 5.86. The van der Waals surface area contributed by atoms with Crippen LogP contribution in [0.5, 0.6) is 0 Å². The molecule has 0 aliphatic heterocycles. The molecule has 0 saturated carbocycles. The fraction of sp³-hybridized carbons (Fsp3) is 0.333. The van der Waals surface area contributed by atoms with Gasteiger partial charge >= 0.3 is 16.6 Å². The van der Waals surface area contributed by atoms with E-state index < -0.39 is 35.6 Å². The van der Waals surface area contributed by atoms with Gasteiger partial charge in [-0.25, -0.2) is 12.8 Å². The summed E-state index contributed by atoms with van der Waals surface area (Å²) in [6.45, 7) is -2.50. The fourth-order valence-electron chi connectivity index (χ4n) is 0.894. The summed E-state index contributed by atoms with van der Waals surface area (Å²) in [4.78, 5) is 0. The summed E-state index contributed by atoms with van der Waals surface area (Å²) in [6.07, 6.45) is -4.77. The summed E-state index contributed by atoms with van der Waals surface area (Å²) in [5.74, 6) is -0.532. The maximum Gasteiger partial charge on any atom is 0.413 e. The Balaban J connectivity index is 2.49. The minimum absolute atomic E-state index is 0.274. The second-order valence-corrected chi connectivity index (χ2v) is 4.46. The Hall–Kier alpha value is -1.19. The molecule has 0 saturated heterocycles. The third-order valence-electron chi connectivity index (χ3n) is 1.65. The Kier molecular flexibility index (Phi) is 4.65. The molecule has 1 rings (SSSR count). The zero-order valence-electron chi connectivity index (χ0n) is 8.78. The van der Waals surface area contributed by atoms with Crippen LogP contribution in [0.1, 0.15) is 5.56 Å². The van der Waals surface area contributed by atoms with Gasteiger partial charge in [-0.05, 0) is 17.7 Å². The Morgan fingerprint density at radius 3 is 2.11 bits per heavy atom. The lowest BCUT2D eigenvalue weighted by Gasteiger charge is -2.08. The van der Waals surface area contributed by atoms with E-state index in [1.807, 2.05) is 0 Å². The molecule has 1 aromatic carbocycles. The minimum Gasteiger partial charge on any atom is -0.243 e. The molecule has 0 aliphatic rings. The molecule has 0 amide bonds. The summed E-state index contributed by atoms with van der Waals surface area (Å²) in [6, 6.07) is 4.58. The lowest BCUT2D eigenvalue weighted by Crippen LogP contribution is -2.21. The van der Waals surface area contributed by atoms with Gasteiger partial charge in [-0.1, -0.05) is 12.1 Å². The van der Waals surface area contributed by atoms with Crippen molar-refractivity contribution in [2.45, 2.75) is 12.8 Å². The normalized spacial score (nSPS) is 12.7. The second kappa shape index (κ2) is 5.63. The van der Waals surface area contributed by atoms with Gasteiger partial charge in [-0.2, -0.15) is 21.6 Å². The summed E-state index contributed by atoms with van der Waals surface area (Å²) in [7, 11) is -4.74. The quantitative estimate of drug-likeness (QED) is 0.779. The van der Waals surface area contributed by atoms with Crippen LogP contribution < -0.4 is 0 Å². The number of hydrogen-bond donors (Lipinski definition) is 0. The van der Waals surface area contributed by atoms with E-state index in [0.717, 1.165) is 12.1 Å². The van der Waals surface area contributed by atoms with E-state index in [1.165, 1.54) is 12.1 Å². The average molecular weight is 288 g/mol. The molecule has 18 heavy (non-hydrogen) atoms. The highest BCUT2D eigenvalue weighted by molar-refractivity contribution is 7.81. The van der Waals surface area contributed by atoms with Crippen molar-refractivity contribution >= 4 is 10.4 Å². The van der Waals surface area contributed by atoms with Crippen molar-refractivity contribution in [1.29, 1.82) is 0 Å². The summed E-state index contributed by atoms with van der Waals surface area (Å²) in [5, 5.41) is 0.